The second kappa shape index (κ2) is 5.73. The molecule has 1 rings (SSSR count). The van der Waals surface area contributed by atoms with Gasteiger partial charge in [0.15, 0.2) is 11.6 Å². The van der Waals surface area contributed by atoms with Gasteiger partial charge in [0.25, 0.3) is 0 Å². The van der Waals surface area contributed by atoms with Crippen molar-refractivity contribution in [1.82, 2.24) is 4.72 Å². The zero-order chi connectivity index (χ0) is 13.9. The average Bonchev–Trinajstić information content (AvgIpc) is 2.29. The molecule has 0 spiro atoms. The van der Waals surface area contributed by atoms with E-state index in [4.69, 9.17) is 5.11 Å². The van der Waals surface area contributed by atoms with Crippen LogP contribution in [0.15, 0.2) is 23.1 Å². The summed E-state index contributed by atoms with van der Waals surface area (Å²) >= 11 is 0. The number of hydrogen-bond acceptors (Lipinski definition) is 3. The molecule has 0 aliphatic rings. The fourth-order valence-corrected chi connectivity index (χ4v) is 2.68. The maximum Gasteiger partial charge on any atom is 0.241 e. The van der Waals surface area contributed by atoms with Crippen LogP contribution in [-0.4, -0.2) is 26.2 Å². The minimum atomic E-state index is -3.97. The van der Waals surface area contributed by atoms with Crippen LogP contribution >= 0.6 is 0 Å². The van der Waals surface area contributed by atoms with Crippen molar-refractivity contribution in [2.75, 3.05) is 6.61 Å². The standard InChI is InChI=1S/C11H15F2NO3S/c1-7(2)11(6-15)14-18(16,17)8-3-4-9(12)10(13)5-8/h3-5,7,11,14-15H,6H2,1-2H3/t11-/m1/s1. The van der Waals surface area contributed by atoms with Crippen LogP contribution in [0, 0.1) is 17.6 Å². The van der Waals surface area contributed by atoms with E-state index in [9.17, 15) is 17.2 Å². The highest BCUT2D eigenvalue weighted by molar-refractivity contribution is 7.89. The molecular weight excluding hydrogens is 264 g/mol. The Balaban J connectivity index is 3.02. The van der Waals surface area contributed by atoms with Gasteiger partial charge in [0.05, 0.1) is 11.5 Å². The highest BCUT2D eigenvalue weighted by atomic mass is 32.2. The first-order valence-corrected chi connectivity index (χ1v) is 6.84. The van der Waals surface area contributed by atoms with E-state index in [1.807, 2.05) is 0 Å². The summed E-state index contributed by atoms with van der Waals surface area (Å²) < 4.78 is 51.6. The van der Waals surface area contributed by atoms with Crippen molar-refractivity contribution in [1.29, 1.82) is 0 Å². The quantitative estimate of drug-likeness (QED) is 0.852. The molecule has 1 aromatic carbocycles. The molecule has 1 atom stereocenters. The molecule has 0 heterocycles. The number of halogens is 2. The van der Waals surface area contributed by atoms with Gasteiger partial charge in [0.2, 0.25) is 10.0 Å². The molecule has 0 unspecified atom stereocenters. The van der Waals surface area contributed by atoms with E-state index in [1.54, 1.807) is 13.8 Å². The Hall–Kier alpha value is -1.05. The Labute approximate surface area is 105 Å². The molecule has 4 nitrogen and oxygen atoms in total. The first kappa shape index (κ1) is 15.0. The molecule has 0 aromatic heterocycles. The Morgan fingerprint density at radius 1 is 1.28 bits per heavy atom. The van der Waals surface area contributed by atoms with Crippen LogP contribution in [0.5, 0.6) is 0 Å². The molecule has 1 aromatic rings. The summed E-state index contributed by atoms with van der Waals surface area (Å²) in [6.07, 6.45) is 0. The second-order valence-electron chi connectivity index (χ2n) is 4.23. The lowest BCUT2D eigenvalue weighted by Gasteiger charge is -2.19. The Morgan fingerprint density at radius 2 is 1.89 bits per heavy atom. The molecule has 0 aliphatic heterocycles. The lowest BCUT2D eigenvalue weighted by molar-refractivity contribution is 0.227. The second-order valence-corrected chi connectivity index (χ2v) is 5.94. The van der Waals surface area contributed by atoms with E-state index in [1.165, 1.54) is 0 Å². The summed E-state index contributed by atoms with van der Waals surface area (Å²) in [4.78, 5) is -0.375. The van der Waals surface area contributed by atoms with Crippen LogP contribution in [0.3, 0.4) is 0 Å². The minimum Gasteiger partial charge on any atom is -0.395 e. The van der Waals surface area contributed by atoms with Crippen LogP contribution in [0.4, 0.5) is 8.78 Å². The predicted octanol–water partition coefficient (Wildman–Crippen LogP) is 1.26. The number of aliphatic hydroxyl groups is 1. The van der Waals surface area contributed by atoms with Gasteiger partial charge in [0.1, 0.15) is 0 Å². The average molecular weight is 279 g/mol. The van der Waals surface area contributed by atoms with E-state index in [-0.39, 0.29) is 17.4 Å². The lowest BCUT2D eigenvalue weighted by Crippen LogP contribution is -2.41. The first-order chi connectivity index (χ1) is 8.27. The zero-order valence-corrected chi connectivity index (χ0v) is 10.8. The van der Waals surface area contributed by atoms with Crippen molar-refractivity contribution in [3.05, 3.63) is 29.8 Å². The van der Waals surface area contributed by atoms with E-state index in [2.05, 4.69) is 4.72 Å². The van der Waals surface area contributed by atoms with Gasteiger partial charge in [-0.15, -0.1) is 0 Å². The minimum absolute atomic E-state index is 0.130. The number of nitrogens with one attached hydrogen (secondary N) is 1. The number of hydrogen-bond donors (Lipinski definition) is 2. The van der Waals surface area contributed by atoms with Gasteiger partial charge >= 0.3 is 0 Å². The van der Waals surface area contributed by atoms with Gasteiger partial charge in [-0.1, -0.05) is 13.8 Å². The van der Waals surface area contributed by atoms with Crippen LogP contribution in [-0.2, 0) is 10.0 Å². The van der Waals surface area contributed by atoms with Gasteiger partial charge < -0.3 is 5.11 Å². The number of sulfonamides is 1. The van der Waals surface area contributed by atoms with Crippen molar-refractivity contribution >= 4 is 10.0 Å². The smallest absolute Gasteiger partial charge is 0.241 e. The monoisotopic (exact) mass is 279 g/mol. The molecule has 0 bridgehead atoms. The SMILES string of the molecule is CC(C)[C@@H](CO)NS(=O)(=O)c1ccc(F)c(F)c1. The van der Waals surface area contributed by atoms with E-state index >= 15 is 0 Å². The van der Waals surface area contributed by atoms with Crippen molar-refractivity contribution in [2.45, 2.75) is 24.8 Å². The number of benzene rings is 1. The van der Waals surface area contributed by atoms with Gasteiger partial charge in [-0.2, -0.15) is 0 Å². The van der Waals surface area contributed by atoms with Gasteiger partial charge in [-0.25, -0.2) is 21.9 Å². The molecule has 0 radical (unpaired) electrons. The molecule has 102 valence electrons. The lowest BCUT2D eigenvalue weighted by atomic mass is 10.1. The molecule has 0 saturated heterocycles. The summed E-state index contributed by atoms with van der Waals surface area (Å²) in [5, 5.41) is 9.04. The molecular formula is C11H15F2NO3S. The van der Waals surface area contributed by atoms with Crippen LogP contribution in [0.2, 0.25) is 0 Å². The zero-order valence-electron chi connectivity index (χ0n) is 10.0. The van der Waals surface area contributed by atoms with Gasteiger partial charge in [-0.05, 0) is 24.1 Å². The van der Waals surface area contributed by atoms with Gasteiger partial charge in [-0.3, -0.25) is 0 Å². The molecule has 0 amide bonds. The Kier molecular flexibility index (Phi) is 4.78. The maximum atomic E-state index is 13.0. The topological polar surface area (TPSA) is 66.4 Å². The fraction of sp³-hybridized carbons (Fsp3) is 0.455. The molecule has 2 N–H and O–H groups in total. The third-order valence-corrected chi connectivity index (χ3v) is 4.00. The highest BCUT2D eigenvalue weighted by Gasteiger charge is 2.22. The van der Waals surface area contributed by atoms with Crippen molar-refractivity contribution in [3.8, 4) is 0 Å². The molecule has 0 aliphatic carbocycles. The Morgan fingerprint density at radius 3 is 2.33 bits per heavy atom. The normalized spacial score (nSPS) is 13.9. The molecule has 0 fully saturated rings. The van der Waals surface area contributed by atoms with Crippen LogP contribution in [0.25, 0.3) is 0 Å². The molecule has 7 heteroatoms. The van der Waals surface area contributed by atoms with Crippen LogP contribution < -0.4 is 4.72 Å². The summed E-state index contributed by atoms with van der Waals surface area (Å²) in [5.41, 5.74) is 0. The number of rotatable bonds is 5. The third kappa shape index (κ3) is 3.47. The van der Waals surface area contributed by atoms with Gasteiger partial charge in [0, 0.05) is 6.04 Å². The first-order valence-electron chi connectivity index (χ1n) is 5.36. The maximum absolute atomic E-state index is 13.0. The fourth-order valence-electron chi connectivity index (χ4n) is 1.30. The number of aliphatic hydroxyl groups excluding tert-OH is 1. The Bertz CT molecular complexity index is 517. The predicted molar refractivity (Wildman–Crippen MR) is 62.4 cm³/mol. The molecule has 18 heavy (non-hydrogen) atoms. The van der Waals surface area contributed by atoms with Crippen molar-refractivity contribution in [2.24, 2.45) is 5.92 Å². The van der Waals surface area contributed by atoms with Crippen molar-refractivity contribution < 1.29 is 22.3 Å². The van der Waals surface area contributed by atoms with Crippen LogP contribution in [0.1, 0.15) is 13.8 Å². The summed E-state index contributed by atoms with van der Waals surface area (Å²) in [6, 6.07) is 1.64. The summed E-state index contributed by atoms with van der Waals surface area (Å²) in [7, 11) is -3.97. The largest absolute Gasteiger partial charge is 0.395 e. The third-order valence-electron chi connectivity index (χ3n) is 2.51. The van der Waals surface area contributed by atoms with E-state index in [0.717, 1.165) is 12.1 Å². The van der Waals surface area contributed by atoms with Crippen molar-refractivity contribution in [3.63, 3.8) is 0 Å². The van der Waals surface area contributed by atoms with E-state index < -0.39 is 27.7 Å². The summed E-state index contributed by atoms with van der Waals surface area (Å²) in [5.74, 6) is -2.48. The molecule has 0 saturated carbocycles. The van der Waals surface area contributed by atoms with E-state index in [0.29, 0.717) is 6.07 Å². The highest BCUT2D eigenvalue weighted by Crippen LogP contribution is 2.15. The summed E-state index contributed by atoms with van der Waals surface area (Å²) in [6.45, 7) is 3.09.